The summed E-state index contributed by atoms with van der Waals surface area (Å²) in [6.45, 7) is 10.1. The van der Waals surface area contributed by atoms with Crippen molar-refractivity contribution < 1.29 is 22.7 Å². The lowest BCUT2D eigenvalue weighted by molar-refractivity contribution is -0.136. The molecule has 1 fully saturated rings. The average molecular weight is 411 g/mol. The first kappa shape index (κ1) is 20.9. The molecule has 0 radical (unpaired) electrons. The van der Waals surface area contributed by atoms with Crippen LogP contribution in [0.5, 0.6) is 11.5 Å². The number of carbonyl (C=O) groups is 1. The lowest BCUT2D eigenvalue weighted by atomic mass is 9.91. The molecule has 0 unspecified atom stereocenters. The fourth-order valence-electron chi connectivity index (χ4n) is 3.94. The molecule has 3 atom stereocenters. The molecular formula is C20H30N2O5S. The zero-order chi connectivity index (χ0) is 20.5. The predicted octanol–water partition coefficient (Wildman–Crippen LogP) is 2.27. The van der Waals surface area contributed by atoms with Crippen LogP contribution in [0.15, 0.2) is 23.1 Å². The van der Waals surface area contributed by atoms with Gasteiger partial charge in [0, 0.05) is 19.2 Å². The van der Waals surface area contributed by atoms with Gasteiger partial charge in [-0.3, -0.25) is 4.79 Å². The van der Waals surface area contributed by atoms with Crippen LogP contribution in [0.25, 0.3) is 0 Å². The van der Waals surface area contributed by atoms with E-state index in [1.807, 2.05) is 13.8 Å². The fourth-order valence-corrected chi connectivity index (χ4v) is 5.29. The zero-order valence-electron chi connectivity index (χ0n) is 17.0. The third-order valence-corrected chi connectivity index (χ3v) is 6.66. The second-order valence-electron chi connectivity index (χ2n) is 8.34. The summed E-state index contributed by atoms with van der Waals surface area (Å²) in [5.74, 6) is 1.42. The highest BCUT2D eigenvalue weighted by Gasteiger charge is 2.35. The van der Waals surface area contributed by atoms with Gasteiger partial charge in [-0.25, -0.2) is 8.42 Å². The summed E-state index contributed by atoms with van der Waals surface area (Å²) in [5, 5.41) is 0. The molecular weight excluding hydrogens is 380 g/mol. The Labute approximate surface area is 167 Å². The van der Waals surface area contributed by atoms with Crippen LogP contribution < -0.4 is 14.2 Å². The van der Waals surface area contributed by atoms with Gasteiger partial charge in [-0.2, -0.15) is 4.72 Å². The van der Waals surface area contributed by atoms with Gasteiger partial charge in [-0.15, -0.1) is 0 Å². The molecule has 7 nitrogen and oxygen atoms in total. The average Bonchev–Trinajstić information content (AvgIpc) is 2.64. The number of sulfonamides is 1. The molecule has 0 saturated carbocycles. The molecule has 2 aliphatic heterocycles. The van der Waals surface area contributed by atoms with Gasteiger partial charge in [-0.05, 0) is 36.3 Å². The molecule has 0 aromatic heterocycles. The van der Waals surface area contributed by atoms with Gasteiger partial charge in [-0.1, -0.05) is 27.7 Å². The maximum absolute atomic E-state index is 13.1. The van der Waals surface area contributed by atoms with Crippen LogP contribution in [-0.4, -0.2) is 51.6 Å². The second kappa shape index (κ2) is 8.29. The van der Waals surface area contributed by atoms with Gasteiger partial charge in [0.2, 0.25) is 15.9 Å². The van der Waals surface area contributed by atoms with Crippen molar-refractivity contribution in [1.82, 2.24) is 9.62 Å². The van der Waals surface area contributed by atoms with E-state index in [0.29, 0.717) is 49.6 Å². The summed E-state index contributed by atoms with van der Waals surface area (Å²) < 4.78 is 39.5. The molecule has 1 saturated heterocycles. The number of carbonyl (C=O) groups excluding carboxylic acids is 1. The Morgan fingerprint density at radius 3 is 2.32 bits per heavy atom. The van der Waals surface area contributed by atoms with E-state index in [9.17, 15) is 13.2 Å². The lowest BCUT2D eigenvalue weighted by Gasteiger charge is -2.37. The third-order valence-electron chi connectivity index (χ3n) is 5.22. The molecule has 28 heavy (non-hydrogen) atoms. The molecule has 1 aromatic rings. The van der Waals surface area contributed by atoms with Crippen molar-refractivity contribution in [2.75, 3.05) is 26.3 Å². The number of fused-ring (bicyclic) bond motifs is 1. The molecule has 1 N–H and O–H groups in total. The molecule has 156 valence electrons. The van der Waals surface area contributed by atoms with Crippen LogP contribution in [0.1, 0.15) is 34.1 Å². The van der Waals surface area contributed by atoms with Gasteiger partial charge in [0.1, 0.15) is 19.3 Å². The number of benzene rings is 1. The molecule has 2 heterocycles. The third kappa shape index (κ3) is 4.60. The summed E-state index contributed by atoms with van der Waals surface area (Å²) in [4.78, 5) is 15.0. The van der Waals surface area contributed by atoms with Crippen molar-refractivity contribution in [3.8, 4) is 11.5 Å². The molecule has 1 amide bonds. The number of rotatable bonds is 5. The standard InChI is InChI=1S/C20H30N2O5S/c1-13(2)19(20(23)22-11-14(3)9-15(4)12-22)21-28(24,25)16-5-6-17-18(10-16)27-8-7-26-17/h5-6,10,13-15,19,21H,7-9,11-12H2,1-4H3/t14-,15+,19-/m0/s1. The molecule has 1 aromatic carbocycles. The first-order valence-corrected chi connectivity index (χ1v) is 11.4. The van der Waals surface area contributed by atoms with Crippen LogP contribution in [0.2, 0.25) is 0 Å². The van der Waals surface area contributed by atoms with Gasteiger partial charge in [0.05, 0.1) is 4.90 Å². The molecule has 0 bridgehead atoms. The van der Waals surface area contributed by atoms with Crippen molar-refractivity contribution in [1.29, 1.82) is 0 Å². The summed E-state index contributed by atoms with van der Waals surface area (Å²) in [6, 6.07) is 3.70. The number of hydrogen-bond donors (Lipinski definition) is 1. The summed E-state index contributed by atoms with van der Waals surface area (Å²) in [6.07, 6.45) is 1.08. The summed E-state index contributed by atoms with van der Waals surface area (Å²) in [7, 11) is -3.88. The van der Waals surface area contributed by atoms with Crippen molar-refractivity contribution in [3.05, 3.63) is 18.2 Å². The number of ether oxygens (including phenoxy) is 2. The van der Waals surface area contributed by atoms with Crippen LogP contribution in [0.4, 0.5) is 0 Å². The number of nitrogens with zero attached hydrogens (tertiary/aromatic N) is 1. The van der Waals surface area contributed by atoms with E-state index < -0.39 is 16.1 Å². The van der Waals surface area contributed by atoms with Crippen molar-refractivity contribution in [2.45, 2.75) is 45.1 Å². The normalized spacial score (nSPS) is 23.5. The summed E-state index contributed by atoms with van der Waals surface area (Å²) in [5.41, 5.74) is 0. The largest absolute Gasteiger partial charge is 0.486 e. The van der Waals surface area contributed by atoms with Crippen molar-refractivity contribution >= 4 is 15.9 Å². The van der Waals surface area contributed by atoms with E-state index in [0.717, 1.165) is 6.42 Å². The van der Waals surface area contributed by atoms with Gasteiger partial charge >= 0.3 is 0 Å². The minimum Gasteiger partial charge on any atom is -0.486 e. The van der Waals surface area contributed by atoms with E-state index >= 15 is 0 Å². The molecule has 3 rings (SSSR count). The molecule has 0 aliphatic carbocycles. The number of likely N-dealkylation sites (tertiary alicyclic amines) is 1. The Kier molecular flexibility index (Phi) is 6.19. The van der Waals surface area contributed by atoms with Crippen molar-refractivity contribution in [3.63, 3.8) is 0 Å². The quantitative estimate of drug-likeness (QED) is 0.805. The van der Waals surface area contributed by atoms with E-state index in [4.69, 9.17) is 9.47 Å². The van der Waals surface area contributed by atoms with Gasteiger partial charge in [0.25, 0.3) is 0 Å². The lowest BCUT2D eigenvalue weighted by Crippen LogP contribution is -2.54. The fraction of sp³-hybridized carbons (Fsp3) is 0.650. The number of nitrogens with one attached hydrogen (secondary N) is 1. The first-order chi connectivity index (χ1) is 13.2. The van der Waals surface area contributed by atoms with E-state index in [1.165, 1.54) is 12.1 Å². The highest BCUT2D eigenvalue weighted by atomic mass is 32.2. The second-order valence-corrected chi connectivity index (χ2v) is 10.1. The zero-order valence-corrected chi connectivity index (χ0v) is 17.8. The van der Waals surface area contributed by atoms with Gasteiger partial charge in [0.15, 0.2) is 11.5 Å². The van der Waals surface area contributed by atoms with Crippen LogP contribution >= 0.6 is 0 Å². The molecule has 8 heteroatoms. The van der Waals surface area contributed by atoms with E-state index in [-0.39, 0.29) is 16.7 Å². The Bertz CT molecular complexity index is 814. The number of hydrogen-bond acceptors (Lipinski definition) is 5. The Morgan fingerprint density at radius 2 is 1.71 bits per heavy atom. The molecule has 0 spiro atoms. The number of amides is 1. The van der Waals surface area contributed by atoms with Gasteiger partial charge < -0.3 is 14.4 Å². The monoisotopic (exact) mass is 410 g/mol. The van der Waals surface area contributed by atoms with Crippen LogP contribution in [-0.2, 0) is 14.8 Å². The van der Waals surface area contributed by atoms with E-state index in [1.54, 1.807) is 11.0 Å². The minimum atomic E-state index is -3.88. The molecule has 2 aliphatic rings. The van der Waals surface area contributed by atoms with Crippen molar-refractivity contribution in [2.24, 2.45) is 17.8 Å². The first-order valence-electron chi connectivity index (χ1n) is 9.88. The number of piperidine rings is 1. The Balaban J connectivity index is 1.80. The Morgan fingerprint density at radius 1 is 1.11 bits per heavy atom. The topological polar surface area (TPSA) is 84.9 Å². The smallest absolute Gasteiger partial charge is 0.241 e. The highest BCUT2D eigenvalue weighted by molar-refractivity contribution is 7.89. The van der Waals surface area contributed by atoms with Crippen LogP contribution in [0, 0.1) is 17.8 Å². The summed E-state index contributed by atoms with van der Waals surface area (Å²) >= 11 is 0. The maximum atomic E-state index is 13.1. The SMILES string of the molecule is CC(C)[C@H](NS(=O)(=O)c1ccc2c(c1)OCCO2)C(=O)N1C[C@H](C)C[C@H](C)C1. The highest BCUT2D eigenvalue weighted by Crippen LogP contribution is 2.32. The maximum Gasteiger partial charge on any atom is 0.241 e. The Hall–Kier alpha value is -1.80. The van der Waals surface area contributed by atoms with Crippen LogP contribution in [0.3, 0.4) is 0 Å². The predicted molar refractivity (Wildman–Crippen MR) is 106 cm³/mol. The van der Waals surface area contributed by atoms with E-state index in [2.05, 4.69) is 18.6 Å². The minimum absolute atomic E-state index is 0.0654.